The van der Waals surface area contributed by atoms with Crippen molar-refractivity contribution in [3.8, 4) is 0 Å². The average Bonchev–Trinajstić information content (AvgIpc) is 2.44. The van der Waals surface area contributed by atoms with Crippen LogP contribution in [0.5, 0.6) is 0 Å². The van der Waals surface area contributed by atoms with Gasteiger partial charge in [-0.2, -0.15) is 0 Å². The van der Waals surface area contributed by atoms with Gasteiger partial charge in [0.25, 0.3) is 0 Å². The molecule has 0 unspecified atom stereocenters. The molecule has 126 valence electrons. The Hall–Kier alpha value is -2.57. The number of methoxy groups -OCH3 is 1. The van der Waals surface area contributed by atoms with E-state index in [0.717, 1.165) is 5.56 Å². The summed E-state index contributed by atoms with van der Waals surface area (Å²) in [7, 11) is 1.24. The Labute approximate surface area is 135 Å². The van der Waals surface area contributed by atoms with E-state index in [0.29, 0.717) is 5.56 Å². The molecule has 0 fully saturated rings. The highest BCUT2D eigenvalue weighted by molar-refractivity contribution is 5.92. The van der Waals surface area contributed by atoms with Crippen molar-refractivity contribution in [1.82, 2.24) is 5.32 Å². The number of ether oxygens (including phenoxy) is 2. The maximum atomic E-state index is 11.8. The van der Waals surface area contributed by atoms with Gasteiger partial charge in [0.1, 0.15) is 11.6 Å². The van der Waals surface area contributed by atoms with Gasteiger partial charge >= 0.3 is 12.1 Å². The predicted molar refractivity (Wildman–Crippen MR) is 83.8 cm³/mol. The molecule has 1 rings (SSSR count). The molecule has 0 aliphatic rings. The first-order chi connectivity index (χ1) is 10.6. The third-order valence-electron chi connectivity index (χ3n) is 2.85. The number of amides is 2. The van der Waals surface area contributed by atoms with E-state index in [-0.39, 0.29) is 6.42 Å². The Balaban J connectivity index is 2.80. The van der Waals surface area contributed by atoms with Crippen molar-refractivity contribution in [2.75, 3.05) is 7.11 Å². The molecule has 0 spiro atoms. The topological polar surface area (TPSA) is 108 Å². The number of esters is 1. The number of carbonyl (C=O) groups is 3. The molecule has 0 saturated carbocycles. The maximum Gasteiger partial charge on any atom is 0.408 e. The lowest BCUT2D eigenvalue weighted by atomic mass is 10.0. The molecule has 0 bridgehead atoms. The largest absolute Gasteiger partial charge is 0.467 e. The van der Waals surface area contributed by atoms with E-state index in [1.165, 1.54) is 7.11 Å². The lowest BCUT2D eigenvalue weighted by Crippen LogP contribution is -2.45. The fourth-order valence-corrected chi connectivity index (χ4v) is 1.83. The number of nitrogens with two attached hydrogens (primary N) is 1. The average molecular weight is 322 g/mol. The van der Waals surface area contributed by atoms with Crippen LogP contribution in [0.2, 0.25) is 0 Å². The fourth-order valence-electron chi connectivity index (χ4n) is 1.83. The highest BCUT2D eigenvalue weighted by atomic mass is 16.6. The van der Waals surface area contributed by atoms with Gasteiger partial charge in [-0.15, -0.1) is 0 Å². The lowest BCUT2D eigenvalue weighted by Gasteiger charge is -2.22. The summed E-state index contributed by atoms with van der Waals surface area (Å²) in [6, 6.07) is 5.53. The maximum absolute atomic E-state index is 11.8. The number of carbonyl (C=O) groups excluding carboxylic acids is 3. The van der Waals surface area contributed by atoms with E-state index < -0.39 is 29.6 Å². The summed E-state index contributed by atoms with van der Waals surface area (Å²) < 4.78 is 9.83. The normalized spacial score (nSPS) is 12.2. The molecular weight excluding hydrogens is 300 g/mol. The van der Waals surface area contributed by atoms with Crippen LogP contribution in [0.15, 0.2) is 24.3 Å². The number of hydrogen-bond acceptors (Lipinski definition) is 5. The Kier molecular flexibility index (Phi) is 6.12. The quantitative estimate of drug-likeness (QED) is 0.797. The van der Waals surface area contributed by atoms with Gasteiger partial charge in [0.15, 0.2) is 0 Å². The van der Waals surface area contributed by atoms with E-state index in [4.69, 9.17) is 15.2 Å². The van der Waals surface area contributed by atoms with Crippen LogP contribution in [-0.4, -0.2) is 36.7 Å². The van der Waals surface area contributed by atoms with Gasteiger partial charge in [-0.1, -0.05) is 12.1 Å². The fraction of sp³-hybridized carbons (Fsp3) is 0.438. The highest BCUT2D eigenvalue weighted by Crippen LogP contribution is 2.10. The number of hydrogen-bond donors (Lipinski definition) is 2. The summed E-state index contributed by atoms with van der Waals surface area (Å²) in [5.41, 5.74) is 5.60. The highest BCUT2D eigenvalue weighted by Gasteiger charge is 2.25. The van der Waals surface area contributed by atoms with Crippen molar-refractivity contribution in [2.24, 2.45) is 5.73 Å². The first kappa shape index (κ1) is 18.5. The molecule has 0 radical (unpaired) electrons. The zero-order chi connectivity index (χ0) is 17.6. The molecule has 1 atom stereocenters. The van der Waals surface area contributed by atoms with Crippen LogP contribution in [0, 0.1) is 0 Å². The lowest BCUT2D eigenvalue weighted by molar-refractivity contribution is -0.143. The minimum Gasteiger partial charge on any atom is -0.467 e. The molecular formula is C16H22N2O5. The summed E-state index contributed by atoms with van der Waals surface area (Å²) in [4.78, 5) is 34.7. The van der Waals surface area contributed by atoms with Crippen molar-refractivity contribution in [1.29, 1.82) is 0 Å². The number of benzene rings is 1. The molecule has 7 nitrogen and oxygen atoms in total. The van der Waals surface area contributed by atoms with E-state index in [1.54, 1.807) is 45.0 Å². The third kappa shape index (κ3) is 6.37. The van der Waals surface area contributed by atoms with Gasteiger partial charge in [-0.3, -0.25) is 4.79 Å². The molecule has 7 heteroatoms. The van der Waals surface area contributed by atoms with Crippen LogP contribution in [-0.2, 0) is 20.7 Å². The Morgan fingerprint density at radius 2 is 1.74 bits per heavy atom. The van der Waals surface area contributed by atoms with Crippen LogP contribution in [0.4, 0.5) is 4.79 Å². The van der Waals surface area contributed by atoms with Crippen LogP contribution >= 0.6 is 0 Å². The minimum atomic E-state index is -0.894. The molecule has 0 aromatic heterocycles. The van der Waals surface area contributed by atoms with Gasteiger partial charge < -0.3 is 20.5 Å². The minimum absolute atomic E-state index is 0.199. The van der Waals surface area contributed by atoms with E-state index >= 15 is 0 Å². The SMILES string of the molecule is COC(=O)[C@H](Cc1ccc(C(N)=O)cc1)NC(=O)OC(C)(C)C. The molecule has 23 heavy (non-hydrogen) atoms. The monoisotopic (exact) mass is 322 g/mol. The smallest absolute Gasteiger partial charge is 0.408 e. The summed E-state index contributed by atoms with van der Waals surface area (Å²) in [6.07, 6.45) is -0.507. The van der Waals surface area contributed by atoms with Gasteiger partial charge in [0.05, 0.1) is 7.11 Å². The van der Waals surface area contributed by atoms with Gasteiger partial charge in [-0.05, 0) is 38.5 Å². The van der Waals surface area contributed by atoms with Gasteiger partial charge in [-0.25, -0.2) is 9.59 Å². The van der Waals surface area contributed by atoms with E-state index in [2.05, 4.69) is 5.32 Å². The van der Waals surface area contributed by atoms with E-state index in [1.807, 2.05) is 0 Å². The summed E-state index contributed by atoms with van der Waals surface area (Å²) in [5.74, 6) is -1.12. The molecule has 0 saturated heterocycles. The third-order valence-corrected chi connectivity index (χ3v) is 2.85. The van der Waals surface area contributed by atoms with Crippen molar-refractivity contribution in [3.05, 3.63) is 35.4 Å². The number of alkyl carbamates (subject to hydrolysis) is 1. The number of nitrogens with one attached hydrogen (secondary N) is 1. The van der Waals surface area contributed by atoms with Crippen LogP contribution in [0.3, 0.4) is 0 Å². The Morgan fingerprint density at radius 1 is 1.17 bits per heavy atom. The zero-order valence-corrected chi connectivity index (χ0v) is 13.7. The Morgan fingerprint density at radius 3 is 2.17 bits per heavy atom. The van der Waals surface area contributed by atoms with Crippen molar-refractivity contribution in [2.45, 2.75) is 38.8 Å². The molecule has 1 aromatic carbocycles. The van der Waals surface area contributed by atoms with Crippen LogP contribution < -0.4 is 11.1 Å². The van der Waals surface area contributed by atoms with Crippen molar-refractivity contribution in [3.63, 3.8) is 0 Å². The molecule has 0 aliphatic carbocycles. The molecule has 0 heterocycles. The second-order valence-corrected chi connectivity index (χ2v) is 5.99. The molecule has 2 amide bonds. The van der Waals surface area contributed by atoms with Crippen molar-refractivity contribution < 1.29 is 23.9 Å². The van der Waals surface area contributed by atoms with E-state index in [9.17, 15) is 14.4 Å². The first-order valence-electron chi connectivity index (χ1n) is 7.08. The second kappa shape index (κ2) is 7.62. The summed E-state index contributed by atoms with van der Waals surface area (Å²) >= 11 is 0. The van der Waals surface area contributed by atoms with Crippen molar-refractivity contribution >= 4 is 18.0 Å². The van der Waals surface area contributed by atoms with Crippen LogP contribution in [0.25, 0.3) is 0 Å². The molecule has 0 aliphatic heterocycles. The first-order valence-corrected chi connectivity index (χ1v) is 7.08. The standard InChI is InChI=1S/C16H22N2O5/c1-16(2,3)23-15(21)18-12(14(20)22-4)9-10-5-7-11(8-6-10)13(17)19/h5-8,12H,9H2,1-4H3,(H2,17,19)(H,18,21)/t12-/m0/s1. The van der Waals surface area contributed by atoms with Crippen LogP contribution in [0.1, 0.15) is 36.7 Å². The number of primary amides is 1. The Bertz CT molecular complexity index is 575. The van der Waals surface area contributed by atoms with Gasteiger partial charge in [0.2, 0.25) is 5.91 Å². The molecule has 3 N–H and O–H groups in total. The summed E-state index contributed by atoms with van der Waals surface area (Å²) in [5, 5.41) is 2.48. The summed E-state index contributed by atoms with van der Waals surface area (Å²) in [6.45, 7) is 5.17. The second-order valence-electron chi connectivity index (χ2n) is 5.99. The number of rotatable bonds is 5. The van der Waals surface area contributed by atoms with Gasteiger partial charge in [0, 0.05) is 12.0 Å². The zero-order valence-electron chi connectivity index (χ0n) is 13.7. The molecule has 1 aromatic rings. The predicted octanol–water partition coefficient (Wildman–Crippen LogP) is 1.39.